The molecule has 0 fully saturated rings. The lowest BCUT2D eigenvalue weighted by Crippen LogP contribution is -2.04. The van der Waals surface area contributed by atoms with Crippen LogP contribution in [-0.2, 0) is 9.53 Å². The number of hydrazone groups is 1. The van der Waals surface area contributed by atoms with Crippen LogP contribution >= 0.6 is 0 Å². The van der Waals surface area contributed by atoms with Gasteiger partial charge in [-0.25, -0.2) is 0 Å². The zero-order chi connectivity index (χ0) is 14.1. The summed E-state index contributed by atoms with van der Waals surface area (Å²) in [6.45, 7) is 2.37. The molecule has 0 bridgehead atoms. The van der Waals surface area contributed by atoms with E-state index in [9.17, 15) is 9.70 Å². The average Bonchev–Trinajstić information content (AvgIpc) is 2.45. The summed E-state index contributed by atoms with van der Waals surface area (Å²) < 4.78 is 10.2. The fourth-order valence-corrected chi connectivity index (χ4v) is 1.19. The number of nitroso groups, excluding NO2 is 1. The van der Waals surface area contributed by atoms with Gasteiger partial charge < -0.3 is 9.47 Å². The van der Waals surface area contributed by atoms with E-state index in [0.717, 1.165) is 0 Å². The standard InChI is InChI=1S/C12H15N3O4/c1-9(8-16)13-14-11-4-3-10(7-12(11)15-17)19-6-5-18-2/h3-4,7-8,14H,5-6H2,1-2H3/b13-9-. The van der Waals surface area contributed by atoms with E-state index in [-0.39, 0.29) is 11.4 Å². The highest BCUT2D eigenvalue weighted by atomic mass is 16.5. The van der Waals surface area contributed by atoms with Gasteiger partial charge in [0.1, 0.15) is 18.0 Å². The van der Waals surface area contributed by atoms with Crippen LogP contribution in [0.3, 0.4) is 0 Å². The van der Waals surface area contributed by atoms with Crippen molar-refractivity contribution >= 4 is 23.4 Å². The third-order valence-corrected chi connectivity index (χ3v) is 2.15. The quantitative estimate of drug-likeness (QED) is 0.255. The van der Waals surface area contributed by atoms with Crippen LogP contribution in [0.2, 0.25) is 0 Å². The van der Waals surface area contributed by atoms with Crippen molar-refractivity contribution in [3.63, 3.8) is 0 Å². The summed E-state index contributed by atoms with van der Waals surface area (Å²) in [4.78, 5) is 21.1. The molecule has 0 saturated heterocycles. The van der Waals surface area contributed by atoms with Crippen LogP contribution < -0.4 is 10.2 Å². The van der Waals surface area contributed by atoms with Gasteiger partial charge in [-0.3, -0.25) is 10.2 Å². The van der Waals surface area contributed by atoms with Crippen LogP contribution in [0.1, 0.15) is 6.92 Å². The second-order valence-electron chi connectivity index (χ2n) is 3.59. The van der Waals surface area contributed by atoms with Crippen molar-refractivity contribution < 1.29 is 14.3 Å². The number of aldehydes is 1. The van der Waals surface area contributed by atoms with Crippen LogP contribution in [0.5, 0.6) is 5.75 Å². The molecule has 0 aliphatic carbocycles. The van der Waals surface area contributed by atoms with Crippen molar-refractivity contribution in [2.24, 2.45) is 10.3 Å². The zero-order valence-corrected chi connectivity index (χ0v) is 10.8. The maximum atomic E-state index is 10.7. The summed E-state index contributed by atoms with van der Waals surface area (Å²) >= 11 is 0. The summed E-state index contributed by atoms with van der Waals surface area (Å²) in [5.74, 6) is 0.508. The molecule has 0 unspecified atom stereocenters. The first kappa shape index (κ1) is 14.8. The van der Waals surface area contributed by atoms with Gasteiger partial charge in [-0.2, -0.15) is 5.10 Å². The predicted molar refractivity (Wildman–Crippen MR) is 72.1 cm³/mol. The Labute approximate surface area is 110 Å². The molecule has 7 heteroatoms. The smallest absolute Gasteiger partial charge is 0.165 e. The molecule has 7 nitrogen and oxygen atoms in total. The molecule has 1 rings (SSSR count). The van der Waals surface area contributed by atoms with Gasteiger partial charge in [0.2, 0.25) is 0 Å². The molecule has 19 heavy (non-hydrogen) atoms. The van der Waals surface area contributed by atoms with E-state index in [2.05, 4.69) is 15.7 Å². The van der Waals surface area contributed by atoms with E-state index < -0.39 is 0 Å². The Kier molecular flexibility index (Phi) is 6.17. The Morgan fingerprint density at radius 3 is 2.84 bits per heavy atom. The molecule has 0 heterocycles. The van der Waals surface area contributed by atoms with Crippen LogP contribution in [0, 0.1) is 4.91 Å². The van der Waals surface area contributed by atoms with E-state index in [4.69, 9.17) is 9.47 Å². The fourth-order valence-electron chi connectivity index (χ4n) is 1.19. The van der Waals surface area contributed by atoms with Crippen molar-refractivity contribution in [3.05, 3.63) is 23.1 Å². The van der Waals surface area contributed by atoms with E-state index in [1.165, 1.54) is 13.0 Å². The minimum atomic E-state index is 0.150. The van der Waals surface area contributed by atoms with Crippen LogP contribution in [0.25, 0.3) is 0 Å². The van der Waals surface area contributed by atoms with Crippen molar-refractivity contribution in [2.45, 2.75) is 6.92 Å². The molecule has 0 spiro atoms. The maximum absolute atomic E-state index is 10.7. The number of nitrogens with one attached hydrogen (secondary N) is 1. The number of nitrogens with zero attached hydrogens (tertiary/aromatic N) is 2. The van der Waals surface area contributed by atoms with Crippen molar-refractivity contribution in [2.75, 3.05) is 25.7 Å². The van der Waals surface area contributed by atoms with Gasteiger partial charge in [0, 0.05) is 13.2 Å². The van der Waals surface area contributed by atoms with Crippen LogP contribution in [0.15, 0.2) is 28.5 Å². The van der Waals surface area contributed by atoms with Gasteiger partial charge >= 0.3 is 0 Å². The molecule has 0 aliphatic heterocycles. The molecule has 1 aromatic rings. The van der Waals surface area contributed by atoms with Gasteiger partial charge in [-0.1, -0.05) is 0 Å². The molecular weight excluding hydrogens is 250 g/mol. The number of hydrogen-bond acceptors (Lipinski definition) is 7. The highest BCUT2D eigenvalue weighted by molar-refractivity contribution is 6.27. The largest absolute Gasteiger partial charge is 0.491 e. The molecule has 1 N–H and O–H groups in total. The number of carbonyl (C=O) groups is 1. The molecule has 0 saturated carbocycles. The number of ether oxygens (including phenoxy) is 2. The lowest BCUT2D eigenvalue weighted by Gasteiger charge is -2.08. The molecule has 1 aromatic carbocycles. The van der Waals surface area contributed by atoms with Crippen molar-refractivity contribution in [1.29, 1.82) is 0 Å². The molecule has 0 aromatic heterocycles. The highest BCUT2D eigenvalue weighted by Crippen LogP contribution is 2.29. The molecule has 0 radical (unpaired) electrons. The van der Waals surface area contributed by atoms with E-state index in [1.807, 2.05) is 0 Å². The normalized spacial score (nSPS) is 10.9. The second kappa shape index (κ2) is 7.93. The Balaban J connectivity index is 2.78. The number of hydrogen-bond donors (Lipinski definition) is 1. The first-order valence-electron chi connectivity index (χ1n) is 5.56. The molecule has 0 amide bonds. The number of carbonyl (C=O) groups excluding carboxylic acids is 1. The summed E-state index contributed by atoms with van der Waals surface area (Å²) in [7, 11) is 1.57. The topological polar surface area (TPSA) is 89.3 Å². The van der Waals surface area contributed by atoms with E-state index in [0.29, 0.717) is 30.9 Å². The second-order valence-corrected chi connectivity index (χ2v) is 3.59. The van der Waals surface area contributed by atoms with Crippen molar-refractivity contribution in [3.8, 4) is 5.75 Å². The first-order chi connectivity index (χ1) is 9.21. The lowest BCUT2D eigenvalue weighted by molar-refractivity contribution is -0.102. The third-order valence-electron chi connectivity index (χ3n) is 2.15. The summed E-state index contributed by atoms with van der Waals surface area (Å²) in [5, 5.41) is 6.65. The van der Waals surface area contributed by atoms with Crippen LogP contribution in [-0.4, -0.2) is 32.3 Å². The highest BCUT2D eigenvalue weighted by Gasteiger charge is 2.05. The van der Waals surface area contributed by atoms with Gasteiger partial charge in [0.15, 0.2) is 6.29 Å². The number of anilines is 1. The molecule has 0 aliphatic rings. The Morgan fingerprint density at radius 1 is 1.42 bits per heavy atom. The van der Waals surface area contributed by atoms with Gasteiger partial charge in [0.25, 0.3) is 0 Å². The first-order valence-corrected chi connectivity index (χ1v) is 5.56. The molecule has 0 atom stereocenters. The minimum absolute atomic E-state index is 0.150. The van der Waals surface area contributed by atoms with E-state index in [1.54, 1.807) is 19.2 Å². The third kappa shape index (κ3) is 4.84. The minimum Gasteiger partial charge on any atom is -0.491 e. The number of rotatable bonds is 8. The van der Waals surface area contributed by atoms with Gasteiger partial charge in [0.05, 0.1) is 18.0 Å². The summed E-state index contributed by atoms with van der Waals surface area (Å²) in [5.41, 5.74) is 3.40. The SMILES string of the molecule is COCCOc1ccc(N/N=C(/C)C=O)c(N=O)c1. The molecule has 102 valence electrons. The van der Waals surface area contributed by atoms with Crippen molar-refractivity contribution in [1.82, 2.24) is 0 Å². The van der Waals surface area contributed by atoms with E-state index >= 15 is 0 Å². The van der Waals surface area contributed by atoms with Gasteiger partial charge in [-0.15, -0.1) is 4.91 Å². The Bertz CT molecular complexity index is 474. The number of benzene rings is 1. The summed E-state index contributed by atoms with van der Waals surface area (Å²) in [6.07, 6.45) is 0.600. The number of methoxy groups -OCH3 is 1. The Morgan fingerprint density at radius 2 is 2.21 bits per heavy atom. The maximum Gasteiger partial charge on any atom is 0.165 e. The Hall–Kier alpha value is -2.28. The average molecular weight is 265 g/mol. The monoisotopic (exact) mass is 265 g/mol. The molecular formula is C12H15N3O4. The van der Waals surface area contributed by atoms with Crippen LogP contribution in [0.4, 0.5) is 11.4 Å². The lowest BCUT2D eigenvalue weighted by atomic mass is 10.2. The zero-order valence-electron chi connectivity index (χ0n) is 10.8. The fraction of sp³-hybridized carbons (Fsp3) is 0.333. The van der Waals surface area contributed by atoms with Gasteiger partial charge in [-0.05, 0) is 24.2 Å². The predicted octanol–water partition coefficient (Wildman–Crippen LogP) is 2.10. The summed E-state index contributed by atoms with van der Waals surface area (Å²) in [6, 6.07) is 4.75.